The Bertz CT molecular complexity index is 957. The summed E-state index contributed by atoms with van der Waals surface area (Å²) in [5.41, 5.74) is -3.33. The van der Waals surface area contributed by atoms with Crippen molar-refractivity contribution in [1.82, 2.24) is 0 Å². The van der Waals surface area contributed by atoms with Crippen LogP contribution in [0.2, 0.25) is 0 Å². The van der Waals surface area contributed by atoms with E-state index in [1.807, 2.05) is 0 Å². The fourth-order valence-electron chi connectivity index (χ4n) is 4.63. The quantitative estimate of drug-likeness (QED) is 0.464. The van der Waals surface area contributed by atoms with E-state index in [0.29, 0.717) is 18.4 Å². The van der Waals surface area contributed by atoms with Crippen LogP contribution in [0.3, 0.4) is 0 Å². The fraction of sp³-hybridized carbons (Fsp3) is 0.560. The third-order valence-electron chi connectivity index (χ3n) is 6.92. The normalized spacial score (nSPS) is 31.5. The summed E-state index contributed by atoms with van der Waals surface area (Å²) in [6, 6.07) is 6.53. The molecule has 6 nitrogen and oxygen atoms in total. The Hall–Kier alpha value is -2.68. The molecular weight excluding hydrogens is 453 g/mol. The number of carbonyl (C=O) groups is 3. The Labute approximate surface area is 196 Å². The van der Waals surface area contributed by atoms with Crippen molar-refractivity contribution in [1.29, 1.82) is 0 Å². The summed E-state index contributed by atoms with van der Waals surface area (Å²) in [5.74, 6) is -3.35. The number of halogens is 3. The van der Waals surface area contributed by atoms with Crippen molar-refractivity contribution >= 4 is 17.7 Å². The number of carbonyl (C=O) groups excluding carboxylic acids is 3. The summed E-state index contributed by atoms with van der Waals surface area (Å²) in [6.07, 6.45) is -4.59. The van der Waals surface area contributed by atoms with Crippen LogP contribution < -0.4 is 0 Å². The number of esters is 2. The Morgan fingerprint density at radius 2 is 1.76 bits per heavy atom. The molecule has 0 amide bonds. The Morgan fingerprint density at radius 1 is 1.12 bits per heavy atom. The predicted octanol–water partition coefficient (Wildman–Crippen LogP) is 4.52. The van der Waals surface area contributed by atoms with Gasteiger partial charge in [0.05, 0.1) is 5.92 Å². The van der Waals surface area contributed by atoms with Gasteiger partial charge in [-0.3, -0.25) is 9.59 Å². The average molecular weight is 482 g/mol. The zero-order chi connectivity index (χ0) is 25.3. The topological polar surface area (TPSA) is 78.9 Å². The fourth-order valence-corrected chi connectivity index (χ4v) is 4.63. The van der Waals surface area contributed by atoms with Crippen molar-refractivity contribution in [2.75, 3.05) is 7.11 Å². The molecule has 3 rings (SSSR count). The van der Waals surface area contributed by atoms with E-state index >= 15 is 0 Å². The van der Waals surface area contributed by atoms with Gasteiger partial charge >= 0.3 is 18.1 Å². The lowest BCUT2D eigenvalue weighted by Crippen LogP contribution is -2.52. The van der Waals surface area contributed by atoms with Crippen molar-refractivity contribution in [3.8, 4) is 0 Å². The summed E-state index contributed by atoms with van der Waals surface area (Å²) in [5, 5.41) is 0. The molecule has 0 spiro atoms. The van der Waals surface area contributed by atoms with Crippen LogP contribution in [-0.4, -0.2) is 43.2 Å². The SMILES string of the molecule is CO[C@@](C(=O)O[C@H]1CC(=O)[C@@H](C)C[C@@H]2OC(=O)[C@@H](C)[C@@H]2C/C=C\1C)(c1ccccc1)C(F)(F)F. The van der Waals surface area contributed by atoms with Crippen LogP contribution in [0.1, 0.15) is 45.6 Å². The van der Waals surface area contributed by atoms with E-state index < -0.39 is 41.4 Å². The van der Waals surface area contributed by atoms with E-state index in [0.717, 1.165) is 19.2 Å². The molecule has 0 N–H and O–H groups in total. The average Bonchev–Trinajstić information content (AvgIpc) is 3.04. The van der Waals surface area contributed by atoms with E-state index in [4.69, 9.17) is 14.2 Å². The summed E-state index contributed by atoms with van der Waals surface area (Å²) in [4.78, 5) is 38.1. The van der Waals surface area contributed by atoms with Crippen LogP contribution in [-0.2, 0) is 34.2 Å². The number of Topliss-reactive ketones (excluding diaryl/α,β-unsaturated/α-hetero) is 1. The molecule has 34 heavy (non-hydrogen) atoms. The highest BCUT2D eigenvalue weighted by molar-refractivity contribution is 5.85. The lowest BCUT2D eigenvalue weighted by Gasteiger charge is -2.34. The lowest BCUT2D eigenvalue weighted by molar-refractivity contribution is -0.277. The maximum Gasteiger partial charge on any atom is 0.432 e. The minimum atomic E-state index is -5.12. The third kappa shape index (κ3) is 4.76. The Morgan fingerprint density at radius 3 is 2.35 bits per heavy atom. The molecule has 1 saturated heterocycles. The van der Waals surface area contributed by atoms with Crippen molar-refractivity contribution in [2.45, 2.75) is 64.0 Å². The first kappa shape index (κ1) is 25.9. The summed E-state index contributed by atoms with van der Waals surface area (Å²) in [6.45, 7) is 5.02. The molecule has 1 aliphatic carbocycles. The molecule has 0 aromatic heterocycles. The molecule has 1 aliphatic heterocycles. The van der Waals surface area contributed by atoms with E-state index in [-0.39, 0.29) is 30.0 Å². The molecular formula is C25H29F3O6. The van der Waals surface area contributed by atoms with Crippen LogP contribution in [0.25, 0.3) is 0 Å². The van der Waals surface area contributed by atoms with Gasteiger partial charge in [-0.15, -0.1) is 0 Å². The number of allylic oxidation sites excluding steroid dienone is 1. The van der Waals surface area contributed by atoms with Gasteiger partial charge in [-0.05, 0) is 25.3 Å². The largest absolute Gasteiger partial charge is 0.462 e. The van der Waals surface area contributed by atoms with Gasteiger partial charge in [0, 0.05) is 30.9 Å². The maximum absolute atomic E-state index is 14.2. The van der Waals surface area contributed by atoms with E-state index in [1.165, 1.54) is 18.2 Å². The number of alkyl halides is 3. The van der Waals surface area contributed by atoms with Gasteiger partial charge in [0.1, 0.15) is 18.0 Å². The van der Waals surface area contributed by atoms with E-state index in [9.17, 15) is 27.6 Å². The highest BCUT2D eigenvalue weighted by atomic mass is 19.4. The second-order valence-electron chi connectivity index (χ2n) is 9.06. The number of rotatable bonds is 4. The first-order valence-corrected chi connectivity index (χ1v) is 11.2. The van der Waals surface area contributed by atoms with Crippen molar-refractivity contribution in [2.24, 2.45) is 17.8 Å². The summed E-state index contributed by atoms with van der Waals surface area (Å²) >= 11 is 0. The maximum atomic E-state index is 14.2. The molecule has 0 unspecified atom stereocenters. The molecule has 0 radical (unpaired) electrons. The summed E-state index contributed by atoms with van der Waals surface area (Å²) < 4.78 is 58.4. The monoisotopic (exact) mass is 482 g/mol. The molecule has 186 valence electrons. The second kappa shape index (κ2) is 9.90. The van der Waals surface area contributed by atoms with Crippen molar-refractivity contribution in [3.05, 3.63) is 47.5 Å². The first-order chi connectivity index (χ1) is 15.9. The molecule has 6 atom stereocenters. The van der Waals surface area contributed by atoms with Crippen LogP contribution in [0.15, 0.2) is 42.0 Å². The molecule has 1 aromatic rings. The Kier molecular flexibility index (Phi) is 7.55. The number of hydrogen-bond acceptors (Lipinski definition) is 6. The smallest absolute Gasteiger partial charge is 0.432 e. The molecule has 0 saturated carbocycles. The van der Waals surface area contributed by atoms with Gasteiger partial charge in [0.2, 0.25) is 0 Å². The standard InChI is InChI=1S/C25H29F3O6/c1-14-10-11-18-16(3)22(30)33-21(18)12-15(2)19(29)13-20(14)34-23(31)24(32-4,25(26,27)28)17-8-6-5-7-9-17/h5-10,15-16,18,20-21H,11-13H2,1-4H3/b14-10-/t15-,16-,18-,20-,21-,24+/m0/s1. The van der Waals surface area contributed by atoms with Gasteiger partial charge < -0.3 is 14.2 Å². The summed E-state index contributed by atoms with van der Waals surface area (Å²) in [7, 11) is 0.795. The Balaban J connectivity index is 1.95. The lowest BCUT2D eigenvalue weighted by atomic mass is 9.81. The van der Waals surface area contributed by atoms with Crippen LogP contribution in [0, 0.1) is 17.8 Å². The highest BCUT2D eigenvalue weighted by Gasteiger charge is 2.64. The minimum Gasteiger partial charge on any atom is -0.462 e. The van der Waals surface area contributed by atoms with Crippen LogP contribution in [0.5, 0.6) is 0 Å². The first-order valence-electron chi connectivity index (χ1n) is 11.2. The molecule has 1 heterocycles. The molecule has 1 aromatic carbocycles. The number of ketones is 1. The molecule has 2 aliphatic rings. The third-order valence-corrected chi connectivity index (χ3v) is 6.92. The number of methoxy groups -OCH3 is 1. The molecule has 1 fully saturated rings. The van der Waals surface area contributed by atoms with E-state index in [1.54, 1.807) is 26.8 Å². The van der Waals surface area contributed by atoms with E-state index in [2.05, 4.69) is 0 Å². The number of benzene rings is 1. The molecule has 9 heteroatoms. The van der Waals surface area contributed by atoms with Gasteiger partial charge in [-0.1, -0.05) is 50.3 Å². The number of ether oxygens (including phenoxy) is 3. The van der Waals surface area contributed by atoms with Gasteiger partial charge in [0.25, 0.3) is 5.60 Å². The van der Waals surface area contributed by atoms with Gasteiger partial charge in [0.15, 0.2) is 0 Å². The second-order valence-corrected chi connectivity index (χ2v) is 9.06. The van der Waals surface area contributed by atoms with Crippen molar-refractivity contribution < 1.29 is 41.8 Å². The van der Waals surface area contributed by atoms with Gasteiger partial charge in [-0.25, -0.2) is 4.79 Å². The molecule has 0 bridgehead atoms. The minimum absolute atomic E-state index is 0.176. The van der Waals surface area contributed by atoms with Crippen LogP contribution >= 0.6 is 0 Å². The number of fused-ring (bicyclic) bond motifs is 1. The van der Waals surface area contributed by atoms with Crippen LogP contribution in [0.4, 0.5) is 13.2 Å². The van der Waals surface area contributed by atoms with Gasteiger partial charge in [-0.2, -0.15) is 13.2 Å². The zero-order valence-electron chi connectivity index (χ0n) is 19.6. The highest BCUT2D eigenvalue weighted by Crippen LogP contribution is 2.44. The number of hydrogen-bond donors (Lipinski definition) is 0. The zero-order valence-corrected chi connectivity index (χ0v) is 19.6. The van der Waals surface area contributed by atoms with Crippen molar-refractivity contribution in [3.63, 3.8) is 0 Å². The predicted molar refractivity (Wildman–Crippen MR) is 115 cm³/mol.